The van der Waals surface area contributed by atoms with Crippen LogP contribution in [-0.2, 0) is 39.7 Å². The largest absolute Gasteiger partial charge is 0.461 e. The van der Waals surface area contributed by atoms with E-state index >= 15 is 0 Å². The Balaban J connectivity index is 1.90. The zero-order chi connectivity index (χ0) is 42.2. The van der Waals surface area contributed by atoms with E-state index in [9.17, 15) is 24.9 Å². The van der Waals surface area contributed by atoms with Gasteiger partial charge in [-0.3, -0.25) is 9.59 Å². The Kier molecular flexibility index (Phi) is 16.2. The molecule has 2 fully saturated rings. The molecule has 0 amide bonds. The lowest BCUT2D eigenvalue weighted by Gasteiger charge is -2.48. The van der Waals surface area contributed by atoms with Gasteiger partial charge in [0.25, 0.3) is 0 Å². The fourth-order valence-corrected chi connectivity index (χ4v) is 8.48. The van der Waals surface area contributed by atoms with Crippen LogP contribution >= 0.6 is 0 Å². The van der Waals surface area contributed by atoms with Crippen molar-refractivity contribution in [2.75, 3.05) is 14.2 Å². The second kappa shape index (κ2) is 20.0. The van der Waals surface area contributed by atoms with E-state index in [1.54, 1.807) is 41.1 Å². The lowest BCUT2D eigenvalue weighted by atomic mass is 9.73. The fourth-order valence-electron chi connectivity index (χ4n) is 8.48. The Bertz CT molecular complexity index is 1650. The summed E-state index contributed by atoms with van der Waals surface area (Å²) in [4.78, 5) is 31.1. The molecule has 57 heavy (non-hydrogen) atoms. The third-order valence-corrected chi connectivity index (χ3v) is 12.0. The van der Waals surface area contributed by atoms with Crippen molar-refractivity contribution in [3.63, 3.8) is 0 Å². The standard InChI is InChI=1S/C43H66N4O10/c1-12-33-43(9,52)38(50)26(4)35(47-46-29(7)31-19-16-20-45-31)24(2)23-42(8,53-11)39(57-41-36(49)32(44-10)21-25(3)54-41)27(5)37(28(6)40(51)55-33)56-34(48)22-30-17-14-13-15-18-30/h13-20,24-28,32-33,36-39,41,44-45,49-50,52H,12,21-23H2,1-11H3/b46-29+,47-35+/t24-,25?,26+,27+,28-,32?,33-,36?,37+,38-,39-,41?,42-,43-/m1/s1. The van der Waals surface area contributed by atoms with Crippen LogP contribution < -0.4 is 5.32 Å². The van der Waals surface area contributed by atoms with E-state index in [0.717, 1.165) is 11.3 Å². The van der Waals surface area contributed by atoms with Crippen LogP contribution in [0.2, 0.25) is 0 Å². The van der Waals surface area contributed by atoms with Gasteiger partial charge in [0, 0.05) is 36.9 Å². The summed E-state index contributed by atoms with van der Waals surface area (Å²) in [5.74, 6) is -4.41. The van der Waals surface area contributed by atoms with Crippen LogP contribution in [0, 0.1) is 23.7 Å². The molecule has 14 nitrogen and oxygen atoms in total. The molecule has 14 heteroatoms. The predicted octanol–water partition coefficient (Wildman–Crippen LogP) is 4.59. The number of hydrogen-bond donors (Lipinski definition) is 5. The summed E-state index contributed by atoms with van der Waals surface area (Å²) in [5.41, 5.74) is -0.610. The molecule has 0 bridgehead atoms. The normalized spacial score (nSPS) is 38.3. The molecule has 0 spiro atoms. The molecule has 0 aliphatic carbocycles. The lowest BCUT2D eigenvalue weighted by Crippen LogP contribution is -2.60. The molecule has 2 saturated heterocycles. The molecule has 2 aromatic rings. The smallest absolute Gasteiger partial charge is 0.312 e. The molecule has 4 unspecified atom stereocenters. The van der Waals surface area contributed by atoms with Crippen molar-refractivity contribution in [1.82, 2.24) is 10.3 Å². The van der Waals surface area contributed by atoms with Crippen LogP contribution in [0.15, 0.2) is 58.9 Å². The average molecular weight is 799 g/mol. The first-order valence-electron chi connectivity index (χ1n) is 20.2. The lowest BCUT2D eigenvalue weighted by molar-refractivity contribution is -0.296. The van der Waals surface area contributed by atoms with Gasteiger partial charge in [-0.15, -0.1) is 0 Å². The number of ether oxygens (including phenoxy) is 5. The van der Waals surface area contributed by atoms with Gasteiger partial charge in [-0.2, -0.15) is 10.2 Å². The number of carbonyl (C=O) groups excluding carboxylic acids is 2. The summed E-state index contributed by atoms with van der Waals surface area (Å²) in [6, 6.07) is 12.5. The molecule has 2 aliphatic rings. The minimum absolute atomic E-state index is 0.0552. The number of nitrogens with one attached hydrogen (secondary N) is 2. The Morgan fingerprint density at radius 2 is 1.74 bits per heavy atom. The summed E-state index contributed by atoms with van der Waals surface area (Å²) in [6.45, 7) is 15.9. The monoisotopic (exact) mass is 798 g/mol. The van der Waals surface area contributed by atoms with Crippen molar-refractivity contribution < 1.29 is 48.6 Å². The van der Waals surface area contributed by atoms with Crippen LogP contribution in [0.1, 0.15) is 92.8 Å². The van der Waals surface area contributed by atoms with E-state index in [1.807, 2.05) is 77.1 Å². The van der Waals surface area contributed by atoms with Gasteiger partial charge in [-0.05, 0) is 84.5 Å². The summed E-state index contributed by atoms with van der Waals surface area (Å²) in [5, 5.41) is 47.9. The zero-order valence-electron chi connectivity index (χ0n) is 35.5. The number of methoxy groups -OCH3 is 1. The number of aromatic nitrogens is 1. The fraction of sp³-hybridized carbons (Fsp3) is 0.674. The zero-order valence-corrected chi connectivity index (χ0v) is 35.5. The molecule has 0 saturated carbocycles. The van der Waals surface area contributed by atoms with Gasteiger partial charge in [-0.25, -0.2) is 0 Å². The number of esters is 2. The van der Waals surface area contributed by atoms with Gasteiger partial charge in [0.2, 0.25) is 0 Å². The van der Waals surface area contributed by atoms with Gasteiger partial charge in [0.15, 0.2) is 6.29 Å². The van der Waals surface area contributed by atoms with E-state index in [0.29, 0.717) is 17.8 Å². The highest BCUT2D eigenvalue weighted by molar-refractivity contribution is 5.98. The predicted molar refractivity (Wildman–Crippen MR) is 217 cm³/mol. The maximum absolute atomic E-state index is 14.2. The van der Waals surface area contributed by atoms with Crippen LogP contribution in [-0.4, -0.2) is 118 Å². The maximum atomic E-state index is 14.2. The molecule has 1 aromatic carbocycles. The quantitative estimate of drug-likeness (QED) is 0.128. The molecule has 1 aromatic heterocycles. The Morgan fingerprint density at radius 1 is 1.05 bits per heavy atom. The Morgan fingerprint density at radius 3 is 2.33 bits per heavy atom. The van der Waals surface area contributed by atoms with Crippen molar-refractivity contribution in [3.8, 4) is 0 Å². The van der Waals surface area contributed by atoms with Gasteiger partial charge in [-0.1, -0.05) is 58.0 Å². The van der Waals surface area contributed by atoms with Gasteiger partial charge in [0.1, 0.15) is 23.9 Å². The first-order chi connectivity index (χ1) is 26.9. The molecule has 0 radical (unpaired) electrons. The molecule has 318 valence electrons. The van der Waals surface area contributed by atoms with Crippen LogP contribution in [0.3, 0.4) is 0 Å². The minimum atomic E-state index is -1.93. The number of H-pyrrole nitrogens is 1. The Hall–Kier alpha value is -3.50. The SMILES string of the molecule is CC[C@H]1OC(=O)[C@H](C)[C@@H](OC(=O)Cc2ccccc2)[C@H](C)[C@@H](OC2OC(C)CC(NC)C2O)[C@](C)(OC)C[C@@H](C)/C(=N\N=C(/C)c2ccc[nH]2)[C@H](C)[C@@H](O)[C@]1(C)O. The molecule has 2 aliphatic heterocycles. The van der Waals surface area contributed by atoms with Gasteiger partial charge < -0.3 is 49.3 Å². The van der Waals surface area contributed by atoms with E-state index in [-0.39, 0.29) is 31.4 Å². The summed E-state index contributed by atoms with van der Waals surface area (Å²) in [6.07, 6.45) is -4.52. The summed E-state index contributed by atoms with van der Waals surface area (Å²) in [7, 11) is 3.31. The first kappa shape index (κ1) is 46.2. The van der Waals surface area contributed by atoms with Gasteiger partial charge >= 0.3 is 11.9 Å². The van der Waals surface area contributed by atoms with Crippen LogP contribution in [0.4, 0.5) is 0 Å². The first-order valence-corrected chi connectivity index (χ1v) is 20.2. The Labute approximate surface area is 337 Å². The van der Waals surface area contributed by atoms with Crippen molar-refractivity contribution >= 4 is 23.4 Å². The van der Waals surface area contributed by atoms with Crippen molar-refractivity contribution in [3.05, 3.63) is 59.9 Å². The number of nitrogens with zero attached hydrogens (tertiary/aromatic N) is 2. The number of benzene rings is 1. The van der Waals surface area contributed by atoms with Crippen molar-refractivity contribution in [2.45, 2.75) is 148 Å². The van der Waals surface area contributed by atoms with E-state index in [1.165, 1.54) is 6.92 Å². The third-order valence-electron chi connectivity index (χ3n) is 12.0. The van der Waals surface area contributed by atoms with E-state index in [4.69, 9.17) is 28.8 Å². The highest BCUT2D eigenvalue weighted by Crippen LogP contribution is 2.40. The number of cyclic esters (lactones) is 1. The summed E-state index contributed by atoms with van der Waals surface area (Å²) < 4.78 is 31.8. The van der Waals surface area contributed by atoms with Crippen LogP contribution in [0.25, 0.3) is 0 Å². The van der Waals surface area contributed by atoms with Crippen LogP contribution in [0.5, 0.6) is 0 Å². The third kappa shape index (κ3) is 11.0. The molecule has 3 heterocycles. The molecular weight excluding hydrogens is 732 g/mol. The second-order valence-electron chi connectivity index (χ2n) is 16.5. The van der Waals surface area contributed by atoms with E-state index in [2.05, 4.69) is 15.4 Å². The summed E-state index contributed by atoms with van der Waals surface area (Å²) >= 11 is 0. The van der Waals surface area contributed by atoms with Gasteiger partial charge in [0.05, 0.1) is 47.7 Å². The molecule has 4 rings (SSSR count). The minimum Gasteiger partial charge on any atom is -0.461 e. The van der Waals surface area contributed by atoms with Crippen molar-refractivity contribution in [1.29, 1.82) is 0 Å². The molecular formula is C43H66N4O10. The number of aliphatic hydroxyl groups excluding tert-OH is 2. The number of likely N-dealkylation sites (N-methyl/N-ethyl adjacent to an activating group) is 1. The van der Waals surface area contributed by atoms with Crippen molar-refractivity contribution in [2.24, 2.45) is 33.9 Å². The van der Waals surface area contributed by atoms with E-state index < -0.39 is 83.6 Å². The topological polar surface area (TPSA) is 194 Å². The number of aliphatic hydroxyl groups is 3. The molecule has 5 N–H and O–H groups in total. The second-order valence-corrected chi connectivity index (χ2v) is 16.5. The number of hydrogen-bond acceptors (Lipinski definition) is 13. The number of rotatable bonds is 10. The number of carbonyl (C=O) groups is 2. The maximum Gasteiger partial charge on any atom is 0.312 e. The average Bonchev–Trinajstić information content (AvgIpc) is 3.73. The number of aromatic amines is 1. The highest BCUT2D eigenvalue weighted by Gasteiger charge is 2.52. The highest BCUT2D eigenvalue weighted by atomic mass is 16.7. The molecule has 14 atom stereocenters.